The quantitative estimate of drug-likeness (QED) is 0.593. The van der Waals surface area contributed by atoms with Crippen molar-refractivity contribution in [3.8, 4) is 0 Å². The summed E-state index contributed by atoms with van der Waals surface area (Å²) in [6.45, 7) is 5.57. The smallest absolute Gasteiger partial charge is 0.129 e. The van der Waals surface area contributed by atoms with Crippen LogP contribution in [0.25, 0.3) is 0 Å². The molecule has 0 fully saturated rings. The monoisotopic (exact) mass is 346 g/mol. The van der Waals surface area contributed by atoms with Gasteiger partial charge in [-0.05, 0) is 65.0 Å². The van der Waals surface area contributed by atoms with Gasteiger partial charge in [0.25, 0.3) is 0 Å². The van der Waals surface area contributed by atoms with Crippen LogP contribution in [-0.2, 0) is 0 Å². The second-order valence-electron chi connectivity index (χ2n) is 4.44. The summed E-state index contributed by atoms with van der Waals surface area (Å²) in [5, 5.41) is -0.224. The lowest BCUT2D eigenvalue weighted by molar-refractivity contribution is 0.608. The van der Waals surface area contributed by atoms with Gasteiger partial charge in [-0.25, -0.2) is 4.39 Å². The van der Waals surface area contributed by atoms with E-state index in [2.05, 4.69) is 22.0 Å². The number of hydrogen-bond donors (Lipinski definition) is 0. The number of halogens is 3. The number of thiophene rings is 1. The number of alkyl halides is 1. The highest BCUT2D eigenvalue weighted by atomic mass is 79.9. The molecule has 18 heavy (non-hydrogen) atoms. The van der Waals surface area contributed by atoms with E-state index < -0.39 is 0 Å². The molecule has 0 aliphatic carbocycles. The van der Waals surface area contributed by atoms with Gasteiger partial charge in [-0.2, -0.15) is 0 Å². The van der Waals surface area contributed by atoms with Crippen LogP contribution >= 0.6 is 38.9 Å². The van der Waals surface area contributed by atoms with Crippen molar-refractivity contribution in [3.63, 3.8) is 0 Å². The topological polar surface area (TPSA) is 0 Å². The van der Waals surface area contributed by atoms with Gasteiger partial charge in [-0.1, -0.05) is 12.1 Å². The lowest BCUT2D eigenvalue weighted by Crippen LogP contribution is -1.96. The van der Waals surface area contributed by atoms with Crippen molar-refractivity contribution in [3.05, 3.63) is 54.9 Å². The SMILES string of the molecule is Cc1cc(C(Cl)c2cc(C)c(F)c(C)c2)sc1Br. The van der Waals surface area contributed by atoms with E-state index in [4.69, 9.17) is 11.6 Å². The summed E-state index contributed by atoms with van der Waals surface area (Å²) in [7, 11) is 0. The van der Waals surface area contributed by atoms with Crippen LogP contribution in [0.2, 0.25) is 0 Å². The van der Waals surface area contributed by atoms with Gasteiger partial charge < -0.3 is 0 Å². The Bertz CT molecular complexity index is 549. The van der Waals surface area contributed by atoms with Crippen LogP contribution < -0.4 is 0 Å². The molecule has 0 aliphatic heterocycles. The zero-order chi connectivity index (χ0) is 13.4. The summed E-state index contributed by atoms with van der Waals surface area (Å²) in [6.07, 6.45) is 0. The third-order valence-electron chi connectivity index (χ3n) is 2.88. The number of benzene rings is 1. The molecule has 0 nitrogen and oxygen atoms in total. The summed E-state index contributed by atoms with van der Waals surface area (Å²) in [6, 6.07) is 5.71. The van der Waals surface area contributed by atoms with Gasteiger partial charge in [0.1, 0.15) is 5.82 Å². The molecular weight excluding hydrogens is 335 g/mol. The van der Waals surface area contributed by atoms with E-state index in [0.29, 0.717) is 11.1 Å². The first-order valence-corrected chi connectivity index (χ1v) is 7.61. The summed E-state index contributed by atoms with van der Waals surface area (Å²) < 4.78 is 14.7. The summed E-state index contributed by atoms with van der Waals surface area (Å²) in [5.74, 6) is -0.147. The standard InChI is InChI=1S/C14H13BrClFS/c1-7-4-10(5-8(2)13(7)17)12(16)11-6-9(3)14(15)18-11/h4-6,12H,1-3H3. The molecule has 0 saturated heterocycles. The number of hydrogen-bond acceptors (Lipinski definition) is 1. The average Bonchev–Trinajstić information content (AvgIpc) is 2.65. The Hall–Kier alpha value is -0.380. The van der Waals surface area contributed by atoms with Crippen molar-refractivity contribution in [2.75, 3.05) is 0 Å². The van der Waals surface area contributed by atoms with Crippen LogP contribution in [0, 0.1) is 26.6 Å². The molecule has 0 amide bonds. The Balaban J connectivity index is 2.42. The van der Waals surface area contributed by atoms with E-state index in [0.717, 1.165) is 14.2 Å². The van der Waals surface area contributed by atoms with E-state index >= 15 is 0 Å². The molecule has 2 aromatic rings. The van der Waals surface area contributed by atoms with E-state index in [1.807, 2.05) is 19.1 Å². The van der Waals surface area contributed by atoms with Gasteiger partial charge in [0, 0.05) is 4.88 Å². The third-order valence-corrected chi connectivity index (χ3v) is 5.70. The summed E-state index contributed by atoms with van der Waals surface area (Å²) >= 11 is 11.6. The first-order valence-electron chi connectivity index (χ1n) is 5.56. The van der Waals surface area contributed by atoms with Crippen LogP contribution in [0.4, 0.5) is 4.39 Å². The molecule has 2 rings (SSSR count). The second kappa shape index (κ2) is 5.32. The molecule has 1 aromatic heterocycles. The minimum atomic E-state index is -0.224. The molecule has 1 aromatic carbocycles. The van der Waals surface area contributed by atoms with Crippen molar-refractivity contribution in [2.45, 2.75) is 26.1 Å². The maximum absolute atomic E-state index is 13.6. The minimum Gasteiger partial charge on any atom is -0.206 e. The number of rotatable bonds is 2. The molecule has 0 radical (unpaired) electrons. The molecule has 1 heterocycles. The predicted octanol–water partition coefficient (Wildman–Crippen LogP) is 5.90. The first kappa shape index (κ1) is 14.0. The fraction of sp³-hybridized carbons (Fsp3) is 0.286. The molecule has 0 spiro atoms. The maximum Gasteiger partial charge on any atom is 0.129 e. The average molecular weight is 348 g/mol. The highest BCUT2D eigenvalue weighted by Gasteiger charge is 2.16. The van der Waals surface area contributed by atoms with Crippen molar-refractivity contribution in [2.24, 2.45) is 0 Å². The Labute approximate surface area is 124 Å². The Kier molecular flexibility index (Phi) is 4.15. The third kappa shape index (κ3) is 2.63. The normalized spacial score (nSPS) is 12.8. The lowest BCUT2D eigenvalue weighted by Gasteiger charge is -2.11. The lowest BCUT2D eigenvalue weighted by atomic mass is 10.0. The first-order chi connectivity index (χ1) is 8.40. The largest absolute Gasteiger partial charge is 0.206 e. The predicted molar refractivity (Wildman–Crippen MR) is 80.3 cm³/mol. The van der Waals surface area contributed by atoms with Gasteiger partial charge in [0.2, 0.25) is 0 Å². The molecule has 0 bridgehead atoms. The Morgan fingerprint density at radius 3 is 2.11 bits per heavy atom. The summed E-state index contributed by atoms with van der Waals surface area (Å²) in [4.78, 5) is 1.08. The van der Waals surface area contributed by atoms with Crippen molar-refractivity contribution >= 4 is 38.9 Å². The molecule has 1 atom stereocenters. The zero-order valence-corrected chi connectivity index (χ0v) is 13.5. The van der Waals surface area contributed by atoms with Crippen LogP contribution in [0.15, 0.2) is 22.0 Å². The number of aryl methyl sites for hydroxylation is 3. The van der Waals surface area contributed by atoms with E-state index in [1.54, 1.807) is 25.2 Å². The van der Waals surface area contributed by atoms with E-state index in [9.17, 15) is 4.39 Å². The zero-order valence-electron chi connectivity index (χ0n) is 10.4. The van der Waals surface area contributed by atoms with Gasteiger partial charge in [-0.3, -0.25) is 0 Å². The van der Waals surface area contributed by atoms with Gasteiger partial charge >= 0.3 is 0 Å². The molecule has 0 N–H and O–H groups in total. The Morgan fingerprint density at radius 1 is 1.11 bits per heavy atom. The van der Waals surface area contributed by atoms with E-state index in [-0.39, 0.29) is 11.2 Å². The second-order valence-corrected chi connectivity index (χ2v) is 7.27. The van der Waals surface area contributed by atoms with Crippen LogP contribution in [0.5, 0.6) is 0 Å². The molecule has 0 saturated carbocycles. The van der Waals surface area contributed by atoms with Gasteiger partial charge in [0.05, 0.1) is 9.16 Å². The van der Waals surface area contributed by atoms with Crippen molar-refractivity contribution < 1.29 is 4.39 Å². The summed E-state index contributed by atoms with van der Waals surface area (Å²) in [5.41, 5.74) is 3.41. The van der Waals surface area contributed by atoms with Crippen molar-refractivity contribution in [1.29, 1.82) is 0 Å². The van der Waals surface area contributed by atoms with Gasteiger partial charge in [0.15, 0.2) is 0 Å². The van der Waals surface area contributed by atoms with Crippen LogP contribution in [-0.4, -0.2) is 0 Å². The molecular formula is C14H13BrClFS. The van der Waals surface area contributed by atoms with Crippen LogP contribution in [0.3, 0.4) is 0 Å². The Morgan fingerprint density at radius 2 is 1.67 bits per heavy atom. The highest BCUT2D eigenvalue weighted by molar-refractivity contribution is 9.11. The minimum absolute atomic E-state index is 0.147. The molecule has 4 heteroatoms. The van der Waals surface area contributed by atoms with Crippen molar-refractivity contribution in [1.82, 2.24) is 0 Å². The van der Waals surface area contributed by atoms with Crippen LogP contribution in [0.1, 0.15) is 32.5 Å². The highest BCUT2D eigenvalue weighted by Crippen LogP contribution is 2.38. The fourth-order valence-electron chi connectivity index (χ4n) is 1.90. The fourth-order valence-corrected chi connectivity index (χ4v) is 3.80. The molecule has 1 unspecified atom stereocenters. The molecule has 96 valence electrons. The van der Waals surface area contributed by atoms with Gasteiger partial charge in [-0.15, -0.1) is 22.9 Å². The van der Waals surface area contributed by atoms with E-state index in [1.165, 1.54) is 5.56 Å². The molecule has 0 aliphatic rings. The maximum atomic E-state index is 13.6.